The van der Waals surface area contributed by atoms with E-state index in [2.05, 4.69) is 16.3 Å². The number of thioether (sulfide) groups is 1. The Kier molecular flexibility index (Phi) is 9.70. The Morgan fingerprint density at radius 2 is 2.08 bits per heavy atom. The minimum absolute atomic E-state index is 0.120. The molecule has 0 aliphatic carbocycles. The van der Waals surface area contributed by atoms with Crippen molar-refractivity contribution in [1.29, 1.82) is 0 Å². The third-order valence-corrected chi connectivity index (χ3v) is 2.36. The summed E-state index contributed by atoms with van der Waals surface area (Å²) in [6, 6.07) is 0. The minimum atomic E-state index is -0.120. The molecule has 0 unspecified atom stereocenters. The highest BCUT2D eigenvalue weighted by atomic mass is 32.2. The Balaban J connectivity index is 2.95. The van der Waals surface area contributed by atoms with E-state index < -0.39 is 0 Å². The Bertz CT molecular complexity index is 131. The molecule has 0 rings (SSSR count). The smallest absolute Gasteiger partial charge is 0.305 e. The Morgan fingerprint density at radius 3 is 2.69 bits per heavy atom. The third-order valence-electron chi connectivity index (χ3n) is 1.66. The largest absolute Gasteiger partial charge is 0.469 e. The van der Waals surface area contributed by atoms with Gasteiger partial charge in [0.15, 0.2) is 0 Å². The molecule has 0 spiro atoms. The van der Waals surface area contributed by atoms with E-state index in [1.165, 1.54) is 19.3 Å². The van der Waals surface area contributed by atoms with Gasteiger partial charge < -0.3 is 10.1 Å². The minimum Gasteiger partial charge on any atom is -0.469 e. The summed E-state index contributed by atoms with van der Waals surface area (Å²) in [5, 5.41) is 3.28. The molecular formula is C9H19NO2S. The molecule has 0 atom stereocenters. The molecule has 0 aromatic carbocycles. The van der Waals surface area contributed by atoms with Gasteiger partial charge in [-0.25, -0.2) is 0 Å². The van der Waals surface area contributed by atoms with Crippen molar-refractivity contribution in [3.05, 3.63) is 0 Å². The first-order chi connectivity index (χ1) is 6.31. The van der Waals surface area contributed by atoms with Crippen LogP contribution in [0.4, 0.5) is 0 Å². The molecule has 0 aliphatic rings. The summed E-state index contributed by atoms with van der Waals surface area (Å²) < 4.78 is 4.53. The summed E-state index contributed by atoms with van der Waals surface area (Å²) in [4.78, 5) is 10.7. The van der Waals surface area contributed by atoms with Crippen LogP contribution in [0, 0.1) is 0 Å². The summed E-state index contributed by atoms with van der Waals surface area (Å²) in [5.41, 5.74) is 0. The number of rotatable bonds is 8. The highest BCUT2D eigenvalue weighted by molar-refractivity contribution is 7.98. The van der Waals surface area contributed by atoms with Crippen molar-refractivity contribution in [1.82, 2.24) is 5.32 Å². The summed E-state index contributed by atoms with van der Waals surface area (Å²) >= 11 is 1.86. The maximum absolute atomic E-state index is 10.7. The molecule has 3 nitrogen and oxygen atoms in total. The number of ether oxygens (including phenoxy) is 1. The summed E-state index contributed by atoms with van der Waals surface area (Å²) in [6.07, 6.45) is 4.69. The molecule has 0 aromatic rings. The van der Waals surface area contributed by atoms with Crippen molar-refractivity contribution in [3.63, 3.8) is 0 Å². The third kappa shape index (κ3) is 9.70. The molecule has 0 fully saturated rings. The van der Waals surface area contributed by atoms with E-state index >= 15 is 0 Å². The lowest BCUT2D eigenvalue weighted by molar-refractivity contribution is -0.140. The first-order valence-electron chi connectivity index (χ1n) is 4.57. The molecule has 0 saturated carbocycles. The molecular weight excluding hydrogens is 186 g/mol. The predicted molar refractivity (Wildman–Crippen MR) is 57.1 cm³/mol. The molecule has 0 aromatic heterocycles. The quantitative estimate of drug-likeness (QED) is 0.478. The van der Waals surface area contributed by atoms with Gasteiger partial charge >= 0.3 is 5.97 Å². The number of hydrogen-bond donors (Lipinski definition) is 1. The second-order valence-corrected chi connectivity index (χ2v) is 3.76. The Labute approximate surface area is 84.6 Å². The molecule has 1 N–H and O–H groups in total. The van der Waals surface area contributed by atoms with Gasteiger partial charge in [0.05, 0.1) is 7.11 Å². The lowest BCUT2D eigenvalue weighted by atomic mass is 10.3. The van der Waals surface area contributed by atoms with E-state index in [1.807, 2.05) is 11.8 Å². The molecule has 0 bridgehead atoms. The van der Waals surface area contributed by atoms with Crippen LogP contribution in [0.2, 0.25) is 0 Å². The summed E-state index contributed by atoms with van der Waals surface area (Å²) in [7, 11) is 1.42. The molecule has 0 saturated heterocycles. The van der Waals surface area contributed by atoms with Crippen molar-refractivity contribution < 1.29 is 9.53 Å². The van der Waals surface area contributed by atoms with Crippen LogP contribution in [0.3, 0.4) is 0 Å². The second-order valence-electron chi connectivity index (χ2n) is 2.78. The van der Waals surface area contributed by atoms with E-state index in [-0.39, 0.29) is 5.97 Å². The maximum atomic E-state index is 10.7. The van der Waals surface area contributed by atoms with Gasteiger partial charge in [0.25, 0.3) is 0 Å². The van der Waals surface area contributed by atoms with Gasteiger partial charge in [0.1, 0.15) is 0 Å². The van der Waals surface area contributed by atoms with Crippen molar-refractivity contribution >= 4 is 17.7 Å². The van der Waals surface area contributed by atoms with Crippen molar-refractivity contribution in [2.45, 2.75) is 19.3 Å². The zero-order valence-electron chi connectivity index (χ0n) is 8.47. The maximum Gasteiger partial charge on any atom is 0.305 e. The van der Waals surface area contributed by atoms with Crippen LogP contribution in [-0.4, -0.2) is 38.2 Å². The van der Waals surface area contributed by atoms with E-state index in [0.29, 0.717) is 6.42 Å². The number of carbonyl (C=O) groups is 1. The number of carbonyl (C=O) groups excluding carboxylic acids is 1. The van der Waals surface area contributed by atoms with Crippen molar-refractivity contribution in [2.75, 3.05) is 32.2 Å². The SMILES string of the molecule is COC(=O)CCCNCCCSC. The highest BCUT2D eigenvalue weighted by Crippen LogP contribution is 1.94. The fourth-order valence-corrected chi connectivity index (χ4v) is 1.36. The standard InChI is InChI=1S/C9H19NO2S/c1-12-9(11)5-3-6-10-7-4-8-13-2/h10H,3-8H2,1-2H3. The van der Waals surface area contributed by atoms with Crippen LogP contribution in [0.25, 0.3) is 0 Å². The van der Waals surface area contributed by atoms with Gasteiger partial charge in [-0.05, 0) is 37.9 Å². The van der Waals surface area contributed by atoms with Crippen LogP contribution in [0.5, 0.6) is 0 Å². The molecule has 4 heteroatoms. The fourth-order valence-electron chi connectivity index (χ4n) is 0.926. The van der Waals surface area contributed by atoms with Crippen molar-refractivity contribution in [3.8, 4) is 0 Å². The van der Waals surface area contributed by atoms with Gasteiger partial charge in [-0.1, -0.05) is 0 Å². The Morgan fingerprint density at radius 1 is 1.38 bits per heavy atom. The van der Waals surface area contributed by atoms with Crippen LogP contribution >= 0.6 is 11.8 Å². The Hall–Kier alpha value is -0.220. The molecule has 78 valence electrons. The molecule has 13 heavy (non-hydrogen) atoms. The number of esters is 1. The average molecular weight is 205 g/mol. The van der Waals surface area contributed by atoms with Crippen LogP contribution in [-0.2, 0) is 9.53 Å². The summed E-state index contributed by atoms with van der Waals surface area (Å²) in [6.45, 7) is 1.95. The van der Waals surface area contributed by atoms with E-state index in [9.17, 15) is 4.79 Å². The van der Waals surface area contributed by atoms with Gasteiger partial charge in [0, 0.05) is 6.42 Å². The number of hydrogen-bond acceptors (Lipinski definition) is 4. The first-order valence-corrected chi connectivity index (χ1v) is 5.97. The summed E-state index contributed by atoms with van der Waals surface area (Å²) in [5.74, 6) is 1.08. The van der Waals surface area contributed by atoms with E-state index in [0.717, 1.165) is 19.5 Å². The van der Waals surface area contributed by atoms with Crippen LogP contribution in [0.15, 0.2) is 0 Å². The predicted octanol–water partition coefficient (Wildman–Crippen LogP) is 1.28. The molecule has 0 aliphatic heterocycles. The average Bonchev–Trinajstić information content (AvgIpc) is 2.16. The molecule has 0 amide bonds. The number of methoxy groups -OCH3 is 1. The zero-order chi connectivity index (χ0) is 9.94. The zero-order valence-corrected chi connectivity index (χ0v) is 9.28. The second kappa shape index (κ2) is 9.86. The molecule has 0 radical (unpaired) electrons. The molecule has 0 heterocycles. The highest BCUT2D eigenvalue weighted by Gasteiger charge is 1.97. The lowest BCUT2D eigenvalue weighted by Crippen LogP contribution is -2.18. The normalized spacial score (nSPS) is 10.0. The lowest BCUT2D eigenvalue weighted by Gasteiger charge is -2.02. The van der Waals surface area contributed by atoms with E-state index in [4.69, 9.17) is 0 Å². The van der Waals surface area contributed by atoms with Gasteiger partial charge in [-0.3, -0.25) is 4.79 Å². The van der Waals surface area contributed by atoms with Crippen LogP contribution < -0.4 is 5.32 Å². The van der Waals surface area contributed by atoms with Gasteiger partial charge in [0.2, 0.25) is 0 Å². The van der Waals surface area contributed by atoms with Crippen molar-refractivity contribution in [2.24, 2.45) is 0 Å². The van der Waals surface area contributed by atoms with Crippen LogP contribution in [0.1, 0.15) is 19.3 Å². The first kappa shape index (κ1) is 12.8. The monoisotopic (exact) mass is 205 g/mol. The fraction of sp³-hybridized carbons (Fsp3) is 0.889. The van der Waals surface area contributed by atoms with E-state index in [1.54, 1.807) is 0 Å². The van der Waals surface area contributed by atoms with Gasteiger partial charge in [-0.2, -0.15) is 11.8 Å². The topological polar surface area (TPSA) is 38.3 Å². The number of nitrogens with one attached hydrogen (secondary N) is 1. The van der Waals surface area contributed by atoms with Gasteiger partial charge in [-0.15, -0.1) is 0 Å².